The van der Waals surface area contributed by atoms with Crippen molar-refractivity contribution >= 4 is 17.4 Å². The normalized spacial score (nSPS) is 25.3. The van der Waals surface area contributed by atoms with Gasteiger partial charge in [0.2, 0.25) is 0 Å². The summed E-state index contributed by atoms with van der Waals surface area (Å²) >= 11 is 0. The smallest absolute Gasteiger partial charge is 0.252 e. The highest BCUT2D eigenvalue weighted by Gasteiger charge is 2.64. The van der Waals surface area contributed by atoms with Gasteiger partial charge in [0.05, 0.1) is 12.7 Å². The number of nitrogens with zero attached hydrogens (tertiary/aromatic N) is 1. The molecule has 2 aromatic carbocycles. The number of phenolic OH excluding ortho intramolecular Hbond substituents is 1. The Hall–Kier alpha value is -3.28. The van der Waals surface area contributed by atoms with Gasteiger partial charge >= 0.3 is 0 Å². The number of anilines is 1. The third-order valence-electron chi connectivity index (χ3n) is 5.60. The summed E-state index contributed by atoms with van der Waals surface area (Å²) < 4.78 is 5.26. The molecule has 1 amide bonds. The molecule has 2 aromatic rings. The van der Waals surface area contributed by atoms with Crippen LogP contribution in [0, 0.1) is 11.8 Å². The fourth-order valence-corrected chi connectivity index (χ4v) is 4.18. The molecule has 138 valence electrons. The Morgan fingerprint density at radius 1 is 1.30 bits per heavy atom. The number of fused-ring (bicyclic) bond motifs is 1. The number of methoxy groups -OCH3 is 1. The molecule has 6 heteroatoms. The van der Waals surface area contributed by atoms with Crippen molar-refractivity contribution in [2.45, 2.75) is 12.3 Å². The number of carbonyl (C=O) groups is 1. The minimum atomic E-state index is -0.512. The zero-order chi connectivity index (χ0) is 19.2. The highest BCUT2D eigenvalue weighted by molar-refractivity contribution is 6.03. The number of nitrogens with one attached hydrogen (secondary N) is 1. The van der Waals surface area contributed by atoms with E-state index in [-0.39, 0.29) is 17.1 Å². The Labute approximate surface area is 157 Å². The van der Waals surface area contributed by atoms with Crippen LogP contribution in [0.15, 0.2) is 59.7 Å². The molecule has 0 aromatic heterocycles. The summed E-state index contributed by atoms with van der Waals surface area (Å²) in [7, 11) is 1.52. The van der Waals surface area contributed by atoms with Gasteiger partial charge in [0.25, 0.3) is 5.91 Å². The standard InChI is InChI=1S/C21H21N3O3/c1-12-18-20(24-14-4-3-5-15(25)11-14)23-9-8-21(12,18)13-6-7-17(27-2)16(10-13)19(22)26/h3-12,18,25H,1-2H3,(H2,22,26)(H,23,24). The largest absolute Gasteiger partial charge is 0.508 e. The number of benzene rings is 2. The number of nitrogens with two attached hydrogens (primary N) is 1. The van der Waals surface area contributed by atoms with Gasteiger partial charge in [0.15, 0.2) is 0 Å². The molecule has 1 saturated carbocycles. The number of hydrogen-bond donors (Lipinski definition) is 3. The van der Waals surface area contributed by atoms with Crippen LogP contribution in [-0.2, 0) is 5.41 Å². The summed E-state index contributed by atoms with van der Waals surface area (Å²) in [5.41, 5.74) is 7.46. The van der Waals surface area contributed by atoms with Gasteiger partial charge in [-0.1, -0.05) is 25.1 Å². The van der Waals surface area contributed by atoms with E-state index in [9.17, 15) is 9.90 Å². The van der Waals surface area contributed by atoms with Gasteiger partial charge in [-0.2, -0.15) is 0 Å². The van der Waals surface area contributed by atoms with Crippen LogP contribution in [0.3, 0.4) is 0 Å². The predicted molar refractivity (Wildman–Crippen MR) is 104 cm³/mol. The van der Waals surface area contributed by atoms with Crippen molar-refractivity contribution in [2.24, 2.45) is 22.6 Å². The molecule has 0 saturated heterocycles. The molecule has 1 heterocycles. The molecule has 6 nitrogen and oxygen atoms in total. The number of carbonyl (C=O) groups excluding carboxylic acids is 1. The van der Waals surface area contributed by atoms with Crippen LogP contribution in [0.5, 0.6) is 11.5 Å². The zero-order valence-corrected chi connectivity index (χ0v) is 15.1. The molecule has 27 heavy (non-hydrogen) atoms. The fourth-order valence-electron chi connectivity index (χ4n) is 4.18. The van der Waals surface area contributed by atoms with E-state index in [2.05, 4.69) is 23.3 Å². The maximum absolute atomic E-state index is 11.8. The highest BCUT2D eigenvalue weighted by Crippen LogP contribution is 2.63. The Kier molecular flexibility index (Phi) is 3.91. The molecule has 2 aliphatic rings. The molecule has 0 bridgehead atoms. The fraction of sp³-hybridized carbons (Fsp3) is 0.238. The van der Waals surface area contributed by atoms with E-state index in [4.69, 9.17) is 10.5 Å². The second-order valence-corrected chi connectivity index (χ2v) is 6.98. The summed E-state index contributed by atoms with van der Waals surface area (Å²) in [6, 6.07) is 12.5. The van der Waals surface area contributed by atoms with E-state index in [0.29, 0.717) is 17.2 Å². The Balaban J connectivity index is 1.68. The first kappa shape index (κ1) is 17.1. The molecule has 4 N–H and O–H groups in total. The average molecular weight is 363 g/mol. The van der Waals surface area contributed by atoms with Gasteiger partial charge in [0, 0.05) is 29.3 Å². The number of aromatic hydroxyl groups is 1. The maximum Gasteiger partial charge on any atom is 0.252 e. The van der Waals surface area contributed by atoms with Crippen LogP contribution in [0.25, 0.3) is 0 Å². The quantitative estimate of drug-likeness (QED) is 0.778. The van der Waals surface area contributed by atoms with Crippen LogP contribution in [-0.4, -0.2) is 24.0 Å². The molecule has 0 radical (unpaired) electrons. The summed E-state index contributed by atoms with van der Waals surface area (Å²) in [4.78, 5) is 16.3. The average Bonchev–Trinajstić information content (AvgIpc) is 3.28. The molecule has 0 spiro atoms. The van der Waals surface area contributed by atoms with E-state index < -0.39 is 5.91 Å². The maximum atomic E-state index is 11.8. The van der Waals surface area contributed by atoms with Gasteiger partial charge in [-0.05, 0) is 35.7 Å². The lowest BCUT2D eigenvalue weighted by Gasteiger charge is -2.20. The van der Waals surface area contributed by atoms with Gasteiger partial charge in [-0.15, -0.1) is 0 Å². The third-order valence-corrected chi connectivity index (χ3v) is 5.60. The number of amidine groups is 1. The van der Waals surface area contributed by atoms with Crippen molar-refractivity contribution in [3.8, 4) is 11.5 Å². The highest BCUT2D eigenvalue weighted by atomic mass is 16.5. The minimum Gasteiger partial charge on any atom is -0.508 e. The zero-order valence-electron chi connectivity index (χ0n) is 15.1. The van der Waals surface area contributed by atoms with Crippen LogP contribution >= 0.6 is 0 Å². The summed E-state index contributed by atoms with van der Waals surface area (Å²) in [6.45, 7) is 2.16. The molecule has 4 rings (SSSR count). The molecular weight excluding hydrogens is 342 g/mol. The number of ether oxygens (including phenoxy) is 1. The molecule has 1 aliphatic carbocycles. The van der Waals surface area contributed by atoms with Crippen LogP contribution < -0.4 is 15.8 Å². The lowest BCUT2D eigenvalue weighted by atomic mass is 9.89. The minimum absolute atomic E-state index is 0.152. The topological polar surface area (TPSA) is 96.9 Å². The van der Waals surface area contributed by atoms with Crippen molar-refractivity contribution in [1.29, 1.82) is 0 Å². The first-order valence-electron chi connectivity index (χ1n) is 8.77. The lowest BCUT2D eigenvalue weighted by Crippen LogP contribution is -2.23. The van der Waals surface area contributed by atoms with Crippen molar-refractivity contribution in [2.75, 3.05) is 12.4 Å². The second-order valence-electron chi connectivity index (χ2n) is 6.98. The number of phenols is 1. The molecule has 3 atom stereocenters. The number of allylic oxidation sites excluding steroid dienone is 1. The van der Waals surface area contributed by atoms with Gasteiger partial charge in [-0.25, -0.2) is 4.99 Å². The van der Waals surface area contributed by atoms with Crippen LogP contribution in [0.1, 0.15) is 22.8 Å². The summed E-state index contributed by atoms with van der Waals surface area (Å²) in [5.74, 6) is 1.45. The lowest BCUT2D eigenvalue weighted by molar-refractivity contribution is 0.0997. The van der Waals surface area contributed by atoms with Gasteiger partial charge < -0.3 is 20.9 Å². The first-order chi connectivity index (χ1) is 13.0. The van der Waals surface area contributed by atoms with E-state index in [0.717, 1.165) is 17.1 Å². The van der Waals surface area contributed by atoms with Gasteiger partial charge in [-0.3, -0.25) is 4.79 Å². The van der Waals surface area contributed by atoms with Crippen molar-refractivity contribution in [3.63, 3.8) is 0 Å². The second kappa shape index (κ2) is 6.16. The van der Waals surface area contributed by atoms with Gasteiger partial charge in [0.1, 0.15) is 17.3 Å². The van der Waals surface area contributed by atoms with Crippen LogP contribution in [0.4, 0.5) is 5.69 Å². The Morgan fingerprint density at radius 2 is 2.11 bits per heavy atom. The van der Waals surface area contributed by atoms with E-state index in [1.54, 1.807) is 30.5 Å². The number of rotatable bonds is 4. The Bertz CT molecular complexity index is 982. The SMILES string of the molecule is COc1ccc(C23C=CN=C(Nc4cccc(O)c4)C2C3C)cc1C(N)=O. The van der Waals surface area contributed by atoms with Crippen molar-refractivity contribution in [3.05, 3.63) is 65.9 Å². The summed E-state index contributed by atoms with van der Waals surface area (Å²) in [5, 5.41) is 13.0. The monoisotopic (exact) mass is 363 g/mol. The van der Waals surface area contributed by atoms with E-state index >= 15 is 0 Å². The first-order valence-corrected chi connectivity index (χ1v) is 8.77. The van der Waals surface area contributed by atoms with E-state index in [1.807, 2.05) is 18.2 Å². The number of primary amides is 1. The third kappa shape index (κ3) is 2.65. The molecule has 3 unspecified atom stereocenters. The molecule has 1 fully saturated rings. The van der Waals surface area contributed by atoms with Crippen molar-refractivity contribution < 1.29 is 14.6 Å². The predicted octanol–water partition coefficient (Wildman–Crippen LogP) is 3.04. The van der Waals surface area contributed by atoms with Crippen LogP contribution in [0.2, 0.25) is 0 Å². The van der Waals surface area contributed by atoms with Crippen molar-refractivity contribution in [1.82, 2.24) is 0 Å². The number of aliphatic imine (C=N–C) groups is 1. The summed E-state index contributed by atoms with van der Waals surface area (Å²) in [6.07, 6.45) is 3.88. The van der Waals surface area contributed by atoms with E-state index in [1.165, 1.54) is 7.11 Å². The Morgan fingerprint density at radius 3 is 2.81 bits per heavy atom. The molecular formula is C21H21N3O3. The molecule has 1 aliphatic heterocycles. The number of amides is 1. The number of hydrogen-bond acceptors (Lipinski definition) is 5.